The van der Waals surface area contributed by atoms with E-state index in [4.69, 9.17) is 9.47 Å². The lowest BCUT2D eigenvalue weighted by atomic mass is 10.2. The van der Waals surface area contributed by atoms with Gasteiger partial charge in [0.25, 0.3) is 5.91 Å². The molecule has 2 aromatic carbocycles. The number of hydrogen-bond donors (Lipinski definition) is 1. The van der Waals surface area contributed by atoms with Gasteiger partial charge in [-0.15, -0.1) is 11.3 Å². The number of benzene rings is 2. The molecule has 3 aromatic rings. The summed E-state index contributed by atoms with van der Waals surface area (Å²) in [6.45, 7) is 1.67. The normalized spacial score (nSPS) is 10.4. The number of carbonyl (C=O) groups is 2. The van der Waals surface area contributed by atoms with Crippen molar-refractivity contribution < 1.29 is 23.5 Å². The Morgan fingerprint density at radius 2 is 1.90 bits per heavy atom. The number of hydrogen-bond acceptors (Lipinski definition) is 6. The van der Waals surface area contributed by atoms with Crippen LogP contribution in [0.1, 0.15) is 28.0 Å². The molecule has 0 aliphatic rings. The Hall–Kier alpha value is -3.26. The largest absolute Gasteiger partial charge is 0.483 e. The van der Waals surface area contributed by atoms with Gasteiger partial charge in [-0.3, -0.25) is 4.79 Å². The fourth-order valence-electron chi connectivity index (χ4n) is 2.45. The van der Waals surface area contributed by atoms with Crippen LogP contribution in [-0.2, 0) is 22.6 Å². The molecule has 0 aliphatic heterocycles. The van der Waals surface area contributed by atoms with Gasteiger partial charge in [0.1, 0.15) is 23.7 Å². The molecule has 29 heavy (non-hydrogen) atoms. The van der Waals surface area contributed by atoms with Crippen molar-refractivity contribution in [2.24, 2.45) is 0 Å². The first-order chi connectivity index (χ1) is 14.1. The van der Waals surface area contributed by atoms with Gasteiger partial charge in [-0.2, -0.15) is 0 Å². The van der Waals surface area contributed by atoms with Crippen LogP contribution < -0.4 is 10.1 Å². The lowest BCUT2D eigenvalue weighted by Crippen LogP contribution is -2.21. The minimum absolute atomic E-state index is 0.0530. The number of anilines is 1. The number of aryl methyl sites for hydroxylation is 1. The van der Waals surface area contributed by atoms with Crippen molar-refractivity contribution in [2.75, 3.05) is 11.9 Å². The third-order valence-corrected chi connectivity index (χ3v) is 4.91. The molecule has 0 atom stereocenters. The van der Waals surface area contributed by atoms with Gasteiger partial charge in [-0.1, -0.05) is 31.2 Å². The molecule has 1 N–H and O–H groups in total. The van der Waals surface area contributed by atoms with Crippen molar-refractivity contribution in [3.63, 3.8) is 0 Å². The van der Waals surface area contributed by atoms with E-state index in [0.717, 1.165) is 11.4 Å². The summed E-state index contributed by atoms with van der Waals surface area (Å²) in [5, 5.41) is 5.24. The maximum absolute atomic E-state index is 13.6. The molecule has 0 unspecified atom stereocenters. The zero-order chi connectivity index (χ0) is 20.6. The maximum Gasteiger partial charge on any atom is 0.342 e. The predicted octanol–water partition coefficient (Wildman–Crippen LogP) is 4.22. The third kappa shape index (κ3) is 5.61. The van der Waals surface area contributed by atoms with E-state index in [2.05, 4.69) is 10.3 Å². The van der Waals surface area contributed by atoms with Gasteiger partial charge in [0.15, 0.2) is 6.61 Å². The molecule has 1 amide bonds. The first kappa shape index (κ1) is 20.5. The van der Waals surface area contributed by atoms with Crippen LogP contribution in [0.5, 0.6) is 5.75 Å². The Labute approximate surface area is 171 Å². The molecule has 6 nitrogen and oxygen atoms in total. The average Bonchev–Trinajstić information content (AvgIpc) is 3.20. The smallest absolute Gasteiger partial charge is 0.342 e. The molecular weight excluding hydrogens is 395 g/mol. The molecule has 0 saturated heterocycles. The van der Waals surface area contributed by atoms with Crippen LogP contribution in [-0.4, -0.2) is 23.5 Å². The number of carbonyl (C=O) groups excluding carboxylic acids is 2. The van der Waals surface area contributed by atoms with E-state index in [1.807, 2.05) is 12.3 Å². The molecule has 8 heteroatoms. The highest BCUT2D eigenvalue weighted by Gasteiger charge is 2.16. The second-order valence-corrected chi connectivity index (χ2v) is 6.92. The van der Waals surface area contributed by atoms with Crippen LogP contribution >= 0.6 is 11.3 Å². The highest BCUT2D eigenvalue weighted by atomic mass is 32.1. The maximum atomic E-state index is 13.6. The number of esters is 1. The number of nitrogens with one attached hydrogen (secondary N) is 1. The number of amides is 1. The Kier molecular flexibility index (Phi) is 6.91. The zero-order valence-electron chi connectivity index (χ0n) is 15.7. The monoisotopic (exact) mass is 414 g/mol. The lowest BCUT2D eigenvalue weighted by molar-refractivity contribution is -0.118. The Morgan fingerprint density at radius 1 is 1.14 bits per heavy atom. The van der Waals surface area contributed by atoms with Crippen LogP contribution in [0.2, 0.25) is 0 Å². The molecule has 0 spiro atoms. The van der Waals surface area contributed by atoms with Gasteiger partial charge in [0, 0.05) is 5.38 Å². The number of nitrogens with zero attached hydrogens (tertiary/aromatic N) is 1. The average molecular weight is 414 g/mol. The lowest BCUT2D eigenvalue weighted by Gasteiger charge is -2.11. The quantitative estimate of drug-likeness (QED) is 0.559. The summed E-state index contributed by atoms with van der Waals surface area (Å²) < 4.78 is 24.4. The number of ether oxygens (including phenoxy) is 2. The highest BCUT2D eigenvalue weighted by molar-refractivity contribution is 7.09. The van der Waals surface area contributed by atoms with Gasteiger partial charge >= 0.3 is 5.97 Å². The molecule has 3 rings (SSSR count). The van der Waals surface area contributed by atoms with Crippen molar-refractivity contribution in [3.8, 4) is 5.75 Å². The fraction of sp³-hybridized carbons (Fsp3) is 0.190. The van der Waals surface area contributed by atoms with Crippen molar-refractivity contribution in [1.82, 2.24) is 4.98 Å². The second kappa shape index (κ2) is 9.79. The van der Waals surface area contributed by atoms with Crippen molar-refractivity contribution in [3.05, 3.63) is 76.0 Å². The van der Waals surface area contributed by atoms with E-state index < -0.39 is 17.7 Å². The molecule has 0 saturated carbocycles. The summed E-state index contributed by atoms with van der Waals surface area (Å²) in [5.41, 5.74) is 0.934. The number of rotatable bonds is 8. The number of thiazole rings is 1. The second-order valence-electron chi connectivity index (χ2n) is 5.98. The molecule has 0 aliphatic carbocycles. The topological polar surface area (TPSA) is 77.5 Å². The molecule has 0 fully saturated rings. The SMILES string of the molecule is CCc1nc(COC(=O)c2ccccc2OCC(=O)Nc2ccccc2F)cs1. The van der Waals surface area contributed by atoms with Crippen LogP contribution in [0.25, 0.3) is 0 Å². The minimum atomic E-state index is -0.582. The molecule has 1 heterocycles. The zero-order valence-corrected chi connectivity index (χ0v) is 16.5. The standard InChI is InChI=1S/C21H19FN2O4S/c1-2-20-23-14(13-29-20)11-28-21(26)15-7-3-6-10-18(15)27-12-19(25)24-17-9-5-4-8-16(17)22/h3-10,13H,2,11-12H2,1H3,(H,24,25). The summed E-state index contributed by atoms with van der Waals surface area (Å²) in [6, 6.07) is 12.3. The summed E-state index contributed by atoms with van der Waals surface area (Å²) >= 11 is 1.51. The van der Waals surface area contributed by atoms with Crippen LogP contribution in [0, 0.1) is 5.82 Å². The highest BCUT2D eigenvalue weighted by Crippen LogP contribution is 2.20. The van der Waals surface area contributed by atoms with Gasteiger partial charge in [-0.25, -0.2) is 14.2 Å². The molecule has 150 valence electrons. The van der Waals surface area contributed by atoms with Crippen molar-refractivity contribution >= 4 is 28.9 Å². The van der Waals surface area contributed by atoms with Gasteiger partial charge < -0.3 is 14.8 Å². The van der Waals surface area contributed by atoms with E-state index in [0.29, 0.717) is 5.69 Å². The summed E-state index contributed by atoms with van der Waals surface area (Å²) in [4.78, 5) is 28.8. The molecular formula is C21H19FN2O4S. The minimum Gasteiger partial charge on any atom is -0.483 e. The number of aromatic nitrogens is 1. The Balaban J connectivity index is 1.58. The number of halogens is 1. The first-order valence-electron chi connectivity index (χ1n) is 8.93. The number of para-hydroxylation sites is 2. The van der Waals surface area contributed by atoms with Crippen LogP contribution in [0.3, 0.4) is 0 Å². The summed E-state index contributed by atoms with van der Waals surface area (Å²) in [5.74, 6) is -1.47. The van der Waals surface area contributed by atoms with Crippen LogP contribution in [0.15, 0.2) is 53.9 Å². The van der Waals surface area contributed by atoms with Gasteiger partial charge in [-0.05, 0) is 30.7 Å². The van der Waals surface area contributed by atoms with Gasteiger partial charge in [0.05, 0.1) is 16.4 Å². The Bertz CT molecular complexity index is 1010. The molecule has 1 aromatic heterocycles. The van der Waals surface area contributed by atoms with E-state index >= 15 is 0 Å². The summed E-state index contributed by atoms with van der Waals surface area (Å²) in [7, 11) is 0. The van der Waals surface area contributed by atoms with Gasteiger partial charge in [0.2, 0.25) is 0 Å². The van der Waals surface area contributed by atoms with E-state index in [9.17, 15) is 14.0 Å². The van der Waals surface area contributed by atoms with Crippen LogP contribution in [0.4, 0.5) is 10.1 Å². The fourth-order valence-corrected chi connectivity index (χ4v) is 3.18. The van der Waals surface area contributed by atoms with E-state index in [1.165, 1.54) is 29.5 Å². The Morgan fingerprint density at radius 3 is 2.66 bits per heavy atom. The van der Waals surface area contributed by atoms with E-state index in [-0.39, 0.29) is 30.2 Å². The third-order valence-electron chi connectivity index (χ3n) is 3.87. The predicted molar refractivity (Wildman–Crippen MR) is 108 cm³/mol. The molecule has 0 radical (unpaired) electrons. The van der Waals surface area contributed by atoms with E-state index in [1.54, 1.807) is 30.3 Å². The summed E-state index contributed by atoms with van der Waals surface area (Å²) in [6.07, 6.45) is 0.824. The van der Waals surface area contributed by atoms with Crippen molar-refractivity contribution in [1.29, 1.82) is 0 Å². The van der Waals surface area contributed by atoms with Crippen molar-refractivity contribution in [2.45, 2.75) is 20.0 Å². The molecule has 0 bridgehead atoms. The first-order valence-corrected chi connectivity index (χ1v) is 9.81.